The number of aryl methyl sites for hydroxylation is 1. The van der Waals surface area contributed by atoms with Crippen LogP contribution in [0.15, 0.2) is 67.1 Å². The highest BCUT2D eigenvalue weighted by Crippen LogP contribution is 2.52. The lowest BCUT2D eigenvalue weighted by atomic mass is 9.95. The number of rotatable bonds is 6. The fraction of sp³-hybridized carbons (Fsp3) is 0.240. The molecule has 33 heavy (non-hydrogen) atoms. The maximum absolute atomic E-state index is 5.31. The van der Waals surface area contributed by atoms with E-state index in [1.54, 1.807) is 13.3 Å². The third kappa shape index (κ3) is 3.44. The molecular formula is C25H23N7O. The molecule has 0 unspecified atom stereocenters. The molecule has 1 saturated carbocycles. The first-order chi connectivity index (χ1) is 16.1. The SMILES string of the molecule is COc1ccc(C2(c3nnc4ncc(Cc5ccc(-c6cnn(C)c6)cc5)nn34)CC2)cc1. The normalized spacial score (nSPS) is 14.5. The smallest absolute Gasteiger partial charge is 0.271 e. The topological polar surface area (TPSA) is 83.0 Å². The second-order valence-corrected chi connectivity index (χ2v) is 8.57. The Hall–Kier alpha value is -4.07. The van der Waals surface area contributed by atoms with Gasteiger partial charge in [0.1, 0.15) is 5.75 Å². The van der Waals surface area contributed by atoms with Crippen LogP contribution < -0.4 is 4.74 Å². The summed E-state index contributed by atoms with van der Waals surface area (Å²) in [4.78, 5) is 4.52. The summed E-state index contributed by atoms with van der Waals surface area (Å²) in [6.45, 7) is 0. The highest BCUT2D eigenvalue weighted by molar-refractivity contribution is 5.62. The predicted molar refractivity (Wildman–Crippen MR) is 123 cm³/mol. The fourth-order valence-corrected chi connectivity index (χ4v) is 4.38. The highest BCUT2D eigenvalue weighted by Gasteiger charge is 2.50. The van der Waals surface area contributed by atoms with Crippen LogP contribution >= 0.6 is 0 Å². The van der Waals surface area contributed by atoms with Gasteiger partial charge in [0, 0.05) is 25.2 Å². The summed E-state index contributed by atoms with van der Waals surface area (Å²) in [6.07, 6.45) is 8.39. The van der Waals surface area contributed by atoms with E-state index in [1.807, 2.05) is 40.8 Å². The molecule has 3 aromatic heterocycles. The van der Waals surface area contributed by atoms with Gasteiger partial charge in [0.2, 0.25) is 0 Å². The van der Waals surface area contributed by atoms with E-state index in [0.717, 1.165) is 41.2 Å². The zero-order valence-electron chi connectivity index (χ0n) is 18.5. The first-order valence-corrected chi connectivity index (χ1v) is 10.9. The molecule has 0 amide bonds. The number of fused-ring (bicyclic) bond motifs is 1. The van der Waals surface area contributed by atoms with E-state index in [-0.39, 0.29) is 5.41 Å². The molecular weight excluding hydrogens is 414 g/mol. The largest absolute Gasteiger partial charge is 0.497 e. The van der Waals surface area contributed by atoms with Crippen LogP contribution in [-0.4, -0.2) is 41.7 Å². The Kier molecular flexibility index (Phi) is 4.46. The van der Waals surface area contributed by atoms with E-state index in [2.05, 4.69) is 56.7 Å². The van der Waals surface area contributed by atoms with E-state index in [9.17, 15) is 0 Å². The van der Waals surface area contributed by atoms with Crippen molar-refractivity contribution in [3.63, 3.8) is 0 Å². The maximum atomic E-state index is 5.31. The van der Waals surface area contributed by atoms with Crippen LogP contribution in [0.4, 0.5) is 0 Å². The van der Waals surface area contributed by atoms with Gasteiger partial charge in [-0.2, -0.15) is 14.7 Å². The molecule has 2 aromatic carbocycles. The minimum atomic E-state index is -0.162. The third-order valence-electron chi connectivity index (χ3n) is 6.38. The number of benzene rings is 2. The van der Waals surface area contributed by atoms with Crippen molar-refractivity contribution in [3.8, 4) is 16.9 Å². The van der Waals surface area contributed by atoms with Gasteiger partial charge in [-0.05, 0) is 41.7 Å². The standard InChI is InChI=1S/C25H23N7O/c1-31-16-19(14-27-31)18-5-3-17(4-6-18)13-21-15-26-24-29-28-23(32(24)30-21)25(11-12-25)20-7-9-22(33-2)10-8-20/h3-10,14-16H,11-13H2,1-2H3. The van der Waals surface area contributed by atoms with Crippen molar-refractivity contribution in [2.75, 3.05) is 7.11 Å². The molecule has 3 heterocycles. The van der Waals surface area contributed by atoms with E-state index in [0.29, 0.717) is 12.2 Å². The number of hydrogen-bond acceptors (Lipinski definition) is 6. The number of aromatic nitrogens is 7. The van der Waals surface area contributed by atoms with Crippen LogP contribution in [-0.2, 0) is 18.9 Å². The number of hydrogen-bond donors (Lipinski definition) is 0. The van der Waals surface area contributed by atoms with Gasteiger partial charge in [-0.3, -0.25) is 4.68 Å². The molecule has 0 spiro atoms. The monoisotopic (exact) mass is 437 g/mol. The van der Waals surface area contributed by atoms with Crippen molar-refractivity contribution in [2.45, 2.75) is 24.7 Å². The minimum absolute atomic E-state index is 0.162. The van der Waals surface area contributed by atoms with Gasteiger partial charge >= 0.3 is 0 Å². The highest BCUT2D eigenvalue weighted by atomic mass is 16.5. The summed E-state index contributed by atoms with van der Waals surface area (Å²) in [5.41, 5.74) is 5.34. The Balaban J connectivity index is 1.29. The quantitative estimate of drug-likeness (QED) is 0.404. The number of ether oxygens (including phenoxy) is 1. The summed E-state index contributed by atoms with van der Waals surface area (Å²) in [6, 6.07) is 16.7. The van der Waals surface area contributed by atoms with Crippen LogP contribution in [0.5, 0.6) is 5.75 Å². The van der Waals surface area contributed by atoms with E-state index < -0.39 is 0 Å². The average molecular weight is 438 g/mol. The van der Waals surface area contributed by atoms with Gasteiger partial charge in [0.25, 0.3) is 5.78 Å². The zero-order valence-corrected chi connectivity index (χ0v) is 18.5. The molecule has 5 aromatic rings. The Bertz CT molecular complexity index is 1430. The third-order valence-corrected chi connectivity index (χ3v) is 6.38. The molecule has 1 aliphatic rings. The van der Waals surface area contributed by atoms with E-state index in [4.69, 9.17) is 9.84 Å². The molecule has 1 aliphatic carbocycles. The van der Waals surface area contributed by atoms with Gasteiger partial charge in [0.05, 0.1) is 30.6 Å². The lowest BCUT2D eigenvalue weighted by Gasteiger charge is -2.14. The summed E-state index contributed by atoms with van der Waals surface area (Å²) < 4.78 is 8.93. The van der Waals surface area contributed by atoms with Crippen molar-refractivity contribution in [2.24, 2.45) is 7.05 Å². The van der Waals surface area contributed by atoms with Gasteiger partial charge in [-0.1, -0.05) is 36.4 Å². The molecule has 0 bridgehead atoms. The van der Waals surface area contributed by atoms with E-state index in [1.165, 1.54) is 11.1 Å². The summed E-state index contributed by atoms with van der Waals surface area (Å²) in [7, 11) is 3.60. The van der Waals surface area contributed by atoms with Crippen molar-refractivity contribution in [1.82, 2.24) is 34.6 Å². The minimum Gasteiger partial charge on any atom is -0.497 e. The molecule has 0 saturated heterocycles. The second kappa shape index (κ2) is 7.51. The summed E-state index contributed by atoms with van der Waals surface area (Å²) >= 11 is 0. The molecule has 0 aliphatic heterocycles. The number of methoxy groups -OCH3 is 1. The number of nitrogens with zero attached hydrogens (tertiary/aromatic N) is 7. The van der Waals surface area contributed by atoms with Gasteiger partial charge in [-0.25, -0.2) is 4.98 Å². The lowest BCUT2D eigenvalue weighted by Crippen LogP contribution is -2.15. The van der Waals surface area contributed by atoms with Crippen molar-refractivity contribution in [3.05, 3.63) is 89.8 Å². The van der Waals surface area contributed by atoms with Crippen molar-refractivity contribution < 1.29 is 4.74 Å². The lowest BCUT2D eigenvalue weighted by molar-refractivity contribution is 0.414. The Labute approximate surface area is 190 Å². The Morgan fingerprint density at radius 1 is 0.939 bits per heavy atom. The zero-order chi connectivity index (χ0) is 22.4. The summed E-state index contributed by atoms with van der Waals surface area (Å²) in [5.74, 6) is 2.22. The molecule has 8 heteroatoms. The Morgan fingerprint density at radius 2 is 1.73 bits per heavy atom. The molecule has 8 nitrogen and oxygen atoms in total. The molecule has 1 fully saturated rings. The fourth-order valence-electron chi connectivity index (χ4n) is 4.38. The summed E-state index contributed by atoms with van der Waals surface area (Å²) in [5, 5.41) is 17.9. The van der Waals surface area contributed by atoms with E-state index >= 15 is 0 Å². The van der Waals surface area contributed by atoms with Crippen molar-refractivity contribution in [1.29, 1.82) is 0 Å². The first-order valence-electron chi connectivity index (χ1n) is 10.9. The molecule has 164 valence electrons. The van der Waals surface area contributed by atoms with Crippen LogP contribution in [0, 0.1) is 0 Å². The molecule has 0 radical (unpaired) electrons. The van der Waals surface area contributed by atoms with Crippen LogP contribution in [0.1, 0.15) is 35.5 Å². The van der Waals surface area contributed by atoms with Gasteiger partial charge in [-0.15, -0.1) is 10.2 Å². The predicted octanol–water partition coefficient (Wildman–Crippen LogP) is 3.60. The van der Waals surface area contributed by atoms with Crippen LogP contribution in [0.3, 0.4) is 0 Å². The average Bonchev–Trinajstić information content (AvgIpc) is 3.35. The first kappa shape index (κ1) is 19.6. The molecule has 0 atom stereocenters. The maximum Gasteiger partial charge on any atom is 0.271 e. The van der Waals surface area contributed by atoms with Gasteiger partial charge < -0.3 is 4.74 Å². The van der Waals surface area contributed by atoms with Crippen molar-refractivity contribution >= 4 is 5.78 Å². The van der Waals surface area contributed by atoms with Crippen LogP contribution in [0.25, 0.3) is 16.9 Å². The van der Waals surface area contributed by atoms with Gasteiger partial charge in [0.15, 0.2) is 5.82 Å². The Morgan fingerprint density at radius 3 is 2.39 bits per heavy atom. The molecule has 0 N–H and O–H groups in total. The second-order valence-electron chi connectivity index (χ2n) is 8.57. The van der Waals surface area contributed by atoms with Crippen LogP contribution in [0.2, 0.25) is 0 Å². The molecule has 6 rings (SSSR count).